The van der Waals surface area contributed by atoms with Gasteiger partial charge in [0.05, 0.1) is 17.6 Å². The number of imidazole rings is 1. The van der Waals surface area contributed by atoms with Crippen LogP contribution < -0.4 is 0 Å². The summed E-state index contributed by atoms with van der Waals surface area (Å²) in [6, 6.07) is 4.15. The third kappa shape index (κ3) is 3.96. The molecular weight excluding hydrogens is 302 g/mol. The minimum absolute atomic E-state index is 0.0309. The molecule has 0 aliphatic heterocycles. The third-order valence-electron chi connectivity index (χ3n) is 4.41. The van der Waals surface area contributed by atoms with Gasteiger partial charge in [0.2, 0.25) is 5.91 Å². The molecule has 0 fully saturated rings. The van der Waals surface area contributed by atoms with Crippen LogP contribution in [0.2, 0.25) is 0 Å². The van der Waals surface area contributed by atoms with Crippen LogP contribution in [0.1, 0.15) is 43.6 Å². The van der Waals surface area contributed by atoms with Gasteiger partial charge in [-0.25, -0.2) is 4.98 Å². The molecule has 1 N–H and O–H groups in total. The van der Waals surface area contributed by atoms with Crippen LogP contribution in [-0.2, 0) is 17.8 Å². The molecule has 0 bridgehead atoms. The largest absolute Gasteiger partial charge is 0.396 e. The number of rotatable bonds is 8. The van der Waals surface area contributed by atoms with Gasteiger partial charge >= 0.3 is 0 Å². The van der Waals surface area contributed by atoms with Crippen molar-refractivity contribution >= 4 is 16.9 Å². The quantitative estimate of drug-likeness (QED) is 0.809. The lowest BCUT2D eigenvalue weighted by atomic mass is 10.1. The Balaban J connectivity index is 2.39. The Bertz CT molecular complexity index is 700. The molecule has 0 unspecified atom stereocenters. The molecule has 0 atom stereocenters. The van der Waals surface area contributed by atoms with Gasteiger partial charge in [0.1, 0.15) is 12.4 Å². The van der Waals surface area contributed by atoms with E-state index in [-0.39, 0.29) is 19.1 Å². The molecule has 1 aromatic carbocycles. The zero-order chi connectivity index (χ0) is 17.7. The maximum Gasteiger partial charge on any atom is 0.242 e. The Morgan fingerprint density at radius 2 is 1.79 bits per heavy atom. The molecule has 2 rings (SSSR count). The SMILES string of the molecule is CCCN(CCC)C(=O)Cn1c(CCO)nc2cc(C)c(C)cc21. The molecular formula is C19H29N3O2. The second-order valence-electron chi connectivity index (χ2n) is 6.39. The number of fused-ring (bicyclic) bond motifs is 1. The lowest BCUT2D eigenvalue weighted by Gasteiger charge is -2.22. The van der Waals surface area contributed by atoms with Crippen molar-refractivity contribution in [3.63, 3.8) is 0 Å². The van der Waals surface area contributed by atoms with Crippen molar-refractivity contribution < 1.29 is 9.90 Å². The number of carbonyl (C=O) groups excluding carboxylic acids is 1. The summed E-state index contributed by atoms with van der Waals surface area (Å²) in [4.78, 5) is 19.3. The highest BCUT2D eigenvalue weighted by Gasteiger charge is 2.18. The van der Waals surface area contributed by atoms with Crippen molar-refractivity contribution in [1.82, 2.24) is 14.5 Å². The minimum Gasteiger partial charge on any atom is -0.396 e. The molecule has 24 heavy (non-hydrogen) atoms. The molecule has 5 nitrogen and oxygen atoms in total. The van der Waals surface area contributed by atoms with E-state index in [4.69, 9.17) is 0 Å². The highest BCUT2D eigenvalue weighted by Crippen LogP contribution is 2.21. The van der Waals surface area contributed by atoms with Crippen molar-refractivity contribution in [1.29, 1.82) is 0 Å². The summed E-state index contributed by atoms with van der Waals surface area (Å²) in [6.45, 7) is 10.2. The number of aliphatic hydroxyl groups is 1. The molecule has 0 saturated carbocycles. The highest BCUT2D eigenvalue weighted by atomic mass is 16.3. The fourth-order valence-corrected chi connectivity index (χ4v) is 3.03. The fraction of sp³-hybridized carbons (Fsp3) is 0.579. The van der Waals surface area contributed by atoms with E-state index in [2.05, 4.69) is 44.8 Å². The van der Waals surface area contributed by atoms with E-state index < -0.39 is 0 Å². The summed E-state index contributed by atoms with van der Waals surface area (Å²) < 4.78 is 1.97. The molecule has 0 saturated heterocycles. The molecule has 5 heteroatoms. The van der Waals surface area contributed by atoms with Gasteiger partial charge in [0, 0.05) is 19.5 Å². The zero-order valence-corrected chi connectivity index (χ0v) is 15.3. The van der Waals surface area contributed by atoms with E-state index in [0.29, 0.717) is 6.42 Å². The van der Waals surface area contributed by atoms with Gasteiger partial charge in [0.25, 0.3) is 0 Å². The van der Waals surface area contributed by atoms with Gasteiger partial charge in [-0.2, -0.15) is 0 Å². The lowest BCUT2D eigenvalue weighted by molar-refractivity contribution is -0.131. The van der Waals surface area contributed by atoms with Crippen molar-refractivity contribution in [2.45, 2.75) is 53.5 Å². The number of hydrogen-bond acceptors (Lipinski definition) is 3. The predicted molar refractivity (Wildman–Crippen MR) is 97.2 cm³/mol. The van der Waals surface area contributed by atoms with E-state index in [9.17, 15) is 9.90 Å². The molecule has 1 aromatic heterocycles. The Kier molecular flexibility index (Phi) is 6.37. The molecule has 0 radical (unpaired) electrons. The number of hydrogen-bond donors (Lipinski definition) is 1. The summed E-state index contributed by atoms with van der Waals surface area (Å²) in [6.07, 6.45) is 2.37. The van der Waals surface area contributed by atoms with Gasteiger partial charge in [-0.15, -0.1) is 0 Å². The van der Waals surface area contributed by atoms with Gasteiger partial charge < -0.3 is 14.6 Å². The van der Waals surface area contributed by atoms with Crippen LogP contribution >= 0.6 is 0 Å². The normalized spacial score (nSPS) is 11.2. The van der Waals surface area contributed by atoms with Crippen LogP contribution in [0, 0.1) is 13.8 Å². The summed E-state index contributed by atoms with van der Waals surface area (Å²) in [7, 11) is 0. The molecule has 1 heterocycles. The summed E-state index contributed by atoms with van der Waals surface area (Å²) in [5.74, 6) is 0.897. The average molecular weight is 331 g/mol. The first-order valence-corrected chi connectivity index (χ1v) is 8.86. The van der Waals surface area contributed by atoms with Crippen LogP contribution in [0.15, 0.2) is 12.1 Å². The van der Waals surface area contributed by atoms with Crippen molar-refractivity contribution in [2.24, 2.45) is 0 Å². The Labute approximate surface area is 144 Å². The Morgan fingerprint density at radius 1 is 1.17 bits per heavy atom. The van der Waals surface area contributed by atoms with E-state index >= 15 is 0 Å². The van der Waals surface area contributed by atoms with Gasteiger partial charge in [-0.3, -0.25) is 4.79 Å². The smallest absolute Gasteiger partial charge is 0.242 e. The first-order chi connectivity index (χ1) is 11.5. The number of aromatic nitrogens is 2. The van der Waals surface area contributed by atoms with Crippen molar-refractivity contribution in [2.75, 3.05) is 19.7 Å². The zero-order valence-electron chi connectivity index (χ0n) is 15.3. The standard InChI is InChI=1S/C19H29N3O2/c1-5-8-21(9-6-2)19(24)13-22-17-12-15(4)14(3)11-16(17)20-18(22)7-10-23/h11-12,23H,5-10,13H2,1-4H3. The second-order valence-corrected chi connectivity index (χ2v) is 6.39. The molecule has 132 valence electrons. The van der Waals surface area contributed by atoms with Crippen LogP contribution in [0.25, 0.3) is 11.0 Å². The summed E-state index contributed by atoms with van der Waals surface area (Å²) in [5.41, 5.74) is 4.24. The molecule has 1 amide bonds. The van der Waals surface area contributed by atoms with Gasteiger partial charge in [-0.05, 0) is 49.9 Å². The Morgan fingerprint density at radius 3 is 2.38 bits per heavy atom. The monoisotopic (exact) mass is 331 g/mol. The maximum absolute atomic E-state index is 12.8. The number of benzene rings is 1. The van der Waals surface area contributed by atoms with E-state index in [1.807, 2.05) is 9.47 Å². The number of aliphatic hydroxyl groups excluding tert-OH is 1. The minimum atomic E-state index is 0.0309. The van der Waals surface area contributed by atoms with Crippen molar-refractivity contribution in [3.05, 3.63) is 29.1 Å². The number of amides is 1. The fourth-order valence-electron chi connectivity index (χ4n) is 3.03. The second kappa shape index (κ2) is 8.29. The predicted octanol–water partition coefficient (Wildman–Crippen LogP) is 2.84. The third-order valence-corrected chi connectivity index (χ3v) is 4.41. The van der Waals surface area contributed by atoms with Gasteiger partial charge in [0.15, 0.2) is 0 Å². The van der Waals surface area contributed by atoms with Crippen LogP contribution in [-0.4, -0.2) is 45.2 Å². The van der Waals surface area contributed by atoms with E-state index in [0.717, 1.165) is 42.8 Å². The van der Waals surface area contributed by atoms with Crippen LogP contribution in [0.3, 0.4) is 0 Å². The Hall–Kier alpha value is -1.88. The number of aryl methyl sites for hydroxylation is 2. The first kappa shape index (κ1) is 18.5. The van der Waals surface area contributed by atoms with E-state index in [1.54, 1.807) is 0 Å². The lowest BCUT2D eigenvalue weighted by Crippen LogP contribution is -2.35. The van der Waals surface area contributed by atoms with Crippen LogP contribution in [0.5, 0.6) is 0 Å². The maximum atomic E-state index is 12.8. The average Bonchev–Trinajstić information content (AvgIpc) is 2.85. The number of nitrogens with zero attached hydrogens (tertiary/aromatic N) is 3. The first-order valence-electron chi connectivity index (χ1n) is 8.86. The topological polar surface area (TPSA) is 58.4 Å². The van der Waals surface area contributed by atoms with Crippen molar-refractivity contribution in [3.8, 4) is 0 Å². The molecule has 2 aromatic rings. The molecule has 0 aliphatic carbocycles. The van der Waals surface area contributed by atoms with Gasteiger partial charge in [-0.1, -0.05) is 13.8 Å². The van der Waals surface area contributed by atoms with E-state index in [1.165, 1.54) is 11.1 Å². The molecule has 0 spiro atoms. The number of carbonyl (C=O) groups is 1. The molecule has 0 aliphatic rings. The summed E-state index contributed by atoms with van der Waals surface area (Å²) in [5, 5.41) is 9.34. The highest BCUT2D eigenvalue weighted by molar-refractivity contribution is 5.82. The summed E-state index contributed by atoms with van der Waals surface area (Å²) >= 11 is 0. The van der Waals surface area contributed by atoms with Crippen LogP contribution in [0.4, 0.5) is 0 Å².